The first kappa shape index (κ1) is 13.1. The summed E-state index contributed by atoms with van der Waals surface area (Å²) in [4.78, 5) is 22.0. The van der Waals surface area contributed by atoms with Crippen molar-refractivity contribution in [2.45, 2.75) is 12.8 Å². The molecule has 0 N–H and O–H groups in total. The zero-order valence-corrected chi connectivity index (χ0v) is 10.1. The van der Waals surface area contributed by atoms with Crippen molar-refractivity contribution in [1.82, 2.24) is 0 Å². The number of hydrogen-bond donors (Lipinski definition) is 0. The molecule has 90 valence electrons. The average molecular weight is 245 g/mol. The fourth-order valence-corrected chi connectivity index (χ4v) is 3.56. The maximum atomic E-state index is 11.3. The number of ether oxygens (including phenoxy) is 2. The van der Waals surface area contributed by atoms with Crippen LogP contribution in [-0.4, -0.2) is 42.4 Å². The molecule has 0 atom stereocenters. The van der Waals surface area contributed by atoms with E-state index in [-0.39, 0.29) is 30.1 Å². The van der Waals surface area contributed by atoms with Crippen molar-refractivity contribution >= 4 is 22.8 Å². The van der Waals surface area contributed by atoms with E-state index in [0.717, 1.165) is 17.6 Å². The highest BCUT2D eigenvalue weighted by Crippen LogP contribution is 2.13. The lowest BCUT2D eigenvalue weighted by Crippen LogP contribution is -2.22. The van der Waals surface area contributed by atoms with Crippen LogP contribution in [0.15, 0.2) is 12.7 Å². The second-order valence-electron chi connectivity index (χ2n) is 3.46. The predicted molar refractivity (Wildman–Crippen MR) is 63.3 cm³/mol. The molecular weight excluding hydrogens is 228 g/mol. The van der Waals surface area contributed by atoms with E-state index in [0.29, 0.717) is 5.75 Å². The Labute approximate surface area is 98.3 Å². The Balaban J connectivity index is 2.01. The number of rotatable bonds is 6. The van der Waals surface area contributed by atoms with Gasteiger partial charge in [-0.25, -0.2) is 9.59 Å². The maximum absolute atomic E-state index is 11.3. The Bertz CT molecular complexity index is 259. The van der Waals surface area contributed by atoms with E-state index in [9.17, 15) is 9.59 Å². The molecule has 16 heavy (non-hydrogen) atoms. The molecule has 0 bridgehead atoms. The van der Waals surface area contributed by atoms with Gasteiger partial charge >= 0.3 is 11.9 Å². The molecule has 1 fully saturated rings. The van der Waals surface area contributed by atoms with Crippen molar-refractivity contribution in [3.63, 3.8) is 0 Å². The summed E-state index contributed by atoms with van der Waals surface area (Å²) in [6, 6.07) is 0. The van der Waals surface area contributed by atoms with Gasteiger partial charge in [0.15, 0.2) is 0 Å². The molecule has 4 nitrogen and oxygen atoms in total. The van der Waals surface area contributed by atoms with Gasteiger partial charge in [-0.2, -0.15) is 0 Å². The van der Waals surface area contributed by atoms with Gasteiger partial charge < -0.3 is 9.47 Å². The van der Waals surface area contributed by atoms with Gasteiger partial charge in [0.1, 0.15) is 24.7 Å². The van der Waals surface area contributed by atoms with Crippen LogP contribution in [0.5, 0.6) is 0 Å². The summed E-state index contributed by atoms with van der Waals surface area (Å²) in [7, 11) is 0.228. The van der Waals surface area contributed by atoms with Crippen LogP contribution >= 0.6 is 0 Å². The van der Waals surface area contributed by atoms with Gasteiger partial charge in [0.25, 0.3) is 0 Å². The van der Waals surface area contributed by atoms with Crippen molar-refractivity contribution in [1.29, 1.82) is 0 Å². The third kappa shape index (κ3) is 5.21. The van der Waals surface area contributed by atoms with Crippen LogP contribution in [0.3, 0.4) is 0 Å². The highest BCUT2D eigenvalue weighted by atomic mass is 32.2. The van der Waals surface area contributed by atoms with E-state index in [4.69, 9.17) is 4.74 Å². The molecule has 0 aromatic heterocycles. The minimum atomic E-state index is -0.492. The zero-order chi connectivity index (χ0) is 11.8. The molecular formula is C11H17O4S+. The fourth-order valence-electron chi connectivity index (χ4n) is 1.42. The Morgan fingerprint density at radius 1 is 1.19 bits per heavy atom. The molecule has 0 amide bonds. The van der Waals surface area contributed by atoms with E-state index in [2.05, 4.69) is 11.3 Å². The second-order valence-corrected chi connectivity index (χ2v) is 5.79. The molecule has 1 aliphatic rings. The first-order valence-corrected chi connectivity index (χ1v) is 7.04. The Hall–Kier alpha value is -0.970. The van der Waals surface area contributed by atoms with Gasteiger partial charge in [0.05, 0.1) is 0 Å². The van der Waals surface area contributed by atoms with Gasteiger partial charge in [0.2, 0.25) is 5.75 Å². The topological polar surface area (TPSA) is 52.6 Å². The SMILES string of the molecule is C=CC(=O)OCCOC(=O)C[S+]1CCCC1. The molecule has 0 unspecified atom stereocenters. The minimum absolute atomic E-state index is 0.102. The van der Waals surface area contributed by atoms with Crippen LogP contribution in [0.25, 0.3) is 0 Å². The lowest BCUT2D eigenvalue weighted by Gasteiger charge is -2.04. The van der Waals surface area contributed by atoms with Gasteiger partial charge in [0, 0.05) is 6.08 Å². The Morgan fingerprint density at radius 3 is 2.44 bits per heavy atom. The van der Waals surface area contributed by atoms with E-state index >= 15 is 0 Å². The third-order valence-corrected chi connectivity index (χ3v) is 4.57. The van der Waals surface area contributed by atoms with Crippen molar-refractivity contribution in [2.75, 3.05) is 30.5 Å². The average Bonchev–Trinajstić information content (AvgIpc) is 2.76. The van der Waals surface area contributed by atoms with Crippen LogP contribution in [0, 0.1) is 0 Å². The normalized spacial score (nSPS) is 15.8. The quantitative estimate of drug-likeness (QED) is 0.299. The highest BCUT2D eigenvalue weighted by Gasteiger charge is 2.27. The van der Waals surface area contributed by atoms with Crippen LogP contribution in [0.2, 0.25) is 0 Å². The van der Waals surface area contributed by atoms with Crippen LogP contribution in [0.4, 0.5) is 0 Å². The molecule has 0 saturated carbocycles. The van der Waals surface area contributed by atoms with Crippen molar-refractivity contribution in [3.05, 3.63) is 12.7 Å². The minimum Gasteiger partial charge on any atom is -0.459 e. The number of carbonyl (C=O) groups excluding carboxylic acids is 2. The van der Waals surface area contributed by atoms with Crippen LogP contribution in [0.1, 0.15) is 12.8 Å². The maximum Gasteiger partial charge on any atom is 0.356 e. The summed E-state index contributed by atoms with van der Waals surface area (Å²) in [5, 5.41) is 0. The zero-order valence-electron chi connectivity index (χ0n) is 9.28. The third-order valence-electron chi connectivity index (χ3n) is 2.20. The number of esters is 2. The molecule has 1 saturated heterocycles. The van der Waals surface area contributed by atoms with Crippen LogP contribution in [-0.2, 0) is 30.0 Å². The molecule has 0 spiro atoms. The van der Waals surface area contributed by atoms with Gasteiger partial charge in [-0.1, -0.05) is 6.58 Å². The molecule has 1 rings (SSSR count). The molecule has 0 aliphatic carbocycles. The summed E-state index contributed by atoms with van der Waals surface area (Å²) in [6.07, 6.45) is 3.54. The van der Waals surface area contributed by atoms with E-state index in [1.807, 2.05) is 0 Å². The molecule has 5 heteroatoms. The van der Waals surface area contributed by atoms with Gasteiger partial charge in [-0.3, -0.25) is 0 Å². The summed E-state index contributed by atoms with van der Waals surface area (Å²) in [6.45, 7) is 3.50. The highest BCUT2D eigenvalue weighted by molar-refractivity contribution is 7.97. The Kier molecular flexibility index (Phi) is 6.00. The molecule has 0 radical (unpaired) electrons. The summed E-state index contributed by atoms with van der Waals surface area (Å²) >= 11 is 0. The Morgan fingerprint density at radius 2 is 1.81 bits per heavy atom. The summed E-state index contributed by atoms with van der Waals surface area (Å²) in [5.41, 5.74) is 0. The molecule has 1 aliphatic heterocycles. The molecule has 0 aromatic carbocycles. The van der Waals surface area contributed by atoms with Gasteiger partial charge in [-0.05, 0) is 23.7 Å². The molecule has 1 heterocycles. The van der Waals surface area contributed by atoms with E-state index in [1.165, 1.54) is 12.8 Å². The first-order valence-electron chi connectivity index (χ1n) is 5.31. The monoisotopic (exact) mass is 245 g/mol. The predicted octanol–water partition coefficient (Wildman–Crippen LogP) is 0.671. The number of hydrogen-bond acceptors (Lipinski definition) is 4. The van der Waals surface area contributed by atoms with E-state index < -0.39 is 5.97 Å². The van der Waals surface area contributed by atoms with Crippen molar-refractivity contribution in [3.8, 4) is 0 Å². The summed E-state index contributed by atoms with van der Waals surface area (Å²) < 4.78 is 9.63. The smallest absolute Gasteiger partial charge is 0.356 e. The standard InChI is InChI=1S/C11H17O4S/c1-2-10(12)14-5-6-15-11(13)9-16-7-3-4-8-16/h2H,1,3-9H2/q+1. The fraction of sp³-hybridized carbons (Fsp3) is 0.636. The summed E-state index contributed by atoms with van der Waals surface area (Å²) in [5.74, 6) is 2.16. The first-order chi connectivity index (χ1) is 7.72. The van der Waals surface area contributed by atoms with Crippen molar-refractivity contribution in [2.24, 2.45) is 0 Å². The number of carbonyl (C=O) groups is 2. The van der Waals surface area contributed by atoms with Gasteiger partial charge in [-0.15, -0.1) is 0 Å². The van der Waals surface area contributed by atoms with E-state index in [1.54, 1.807) is 0 Å². The lowest BCUT2D eigenvalue weighted by atomic mass is 10.4. The largest absolute Gasteiger partial charge is 0.459 e. The lowest BCUT2D eigenvalue weighted by molar-refractivity contribution is -0.147. The van der Waals surface area contributed by atoms with Crippen molar-refractivity contribution < 1.29 is 19.1 Å². The molecule has 0 aromatic rings. The second kappa shape index (κ2) is 7.33. The van der Waals surface area contributed by atoms with Crippen LogP contribution < -0.4 is 0 Å².